The summed E-state index contributed by atoms with van der Waals surface area (Å²) in [6.07, 6.45) is 19.6. The van der Waals surface area contributed by atoms with Gasteiger partial charge in [-0.15, -0.1) is 0 Å². The van der Waals surface area contributed by atoms with Crippen LogP contribution in [-0.2, 0) is 16.0 Å². The summed E-state index contributed by atoms with van der Waals surface area (Å²) in [7, 11) is 0. The number of aryl methyl sites for hydroxylation is 1. The maximum absolute atomic E-state index is 14.2. The molecule has 0 spiro atoms. The first kappa shape index (κ1) is 27.5. The fourth-order valence-corrected chi connectivity index (χ4v) is 3.88. The monoisotopic (exact) mass is 435 g/mol. The average molecular weight is 436 g/mol. The van der Waals surface area contributed by atoms with Crippen LogP contribution in [0.3, 0.4) is 0 Å². The molecule has 31 heavy (non-hydrogen) atoms. The number of anilines is 1. The van der Waals surface area contributed by atoms with Crippen LogP contribution in [0, 0.1) is 5.82 Å². The molecule has 1 rings (SSSR count). The standard InChI is InChI=1S/C27H46FNO2/c1-3-5-6-7-8-9-10-11-12-13-14-15-16-17-22-29-26-20-18-24(23-25(26)28)19-21-27(30)31-4-2/h18,20,23,29H,3-17,19,21-22H2,1-2H3. The van der Waals surface area contributed by atoms with E-state index in [1.165, 1.54) is 89.5 Å². The second-order valence-corrected chi connectivity index (χ2v) is 8.64. The second-order valence-electron chi connectivity index (χ2n) is 8.64. The summed E-state index contributed by atoms with van der Waals surface area (Å²) in [5, 5.41) is 3.20. The van der Waals surface area contributed by atoms with Gasteiger partial charge in [0.1, 0.15) is 5.82 Å². The molecule has 0 heterocycles. The first-order valence-corrected chi connectivity index (χ1v) is 12.8. The summed E-state index contributed by atoms with van der Waals surface area (Å²) in [4.78, 5) is 11.4. The number of carbonyl (C=O) groups is 1. The minimum Gasteiger partial charge on any atom is -0.466 e. The van der Waals surface area contributed by atoms with Gasteiger partial charge in [0.05, 0.1) is 12.3 Å². The molecule has 0 radical (unpaired) electrons. The third-order valence-corrected chi connectivity index (χ3v) is 5.80. The van der Waals surface area contributed by atoms with Crippen molar-refractivity contribution in [2.75, 3.05) is 18.5 Å². The zero-order valence-electron chi connectivity index (χ0n) is 20.2. The maximum atomic E-state index is 14.2. The first-order chi connectivity index (χ1) is 15.2. The van der Waals surface area contributed by atoms with Gasteiger partial charge in [-0.05, 0) is 37.5 Å². The van der Waals surface area contributed by atoms with Gasteiger partial charge < -0.3 is 10.1 Å². The van der Waals surface area contributed by atoms with Crippen LogP contribution in [-0.4, -0.2) is 19.1 Å². The zero-order chi connectivity index (χ0) is 22.6. The smallest absolute Gasteiger partial charge is 0.306 e. The van der Waals surface area contributed by atoms with Crippen LogP contribution < -0.4 is 5.32 Å². The summed E-state index contributed by atoms with van der Waals surface area (Å²) in [6, 6.07) is 5.18. The van der Waals surface area contributed by atoms with Gasteiger partial charge in [-0.1, -0.05) is 96.5 Å². The van der Waals surface area contributed by atoms with Gasteiger partial charge in [-0.3, -0.25) is 4.79 Å². The van der Waals surface area contributed by atoms with Crippen molar-refractivity contribution in [3.05, 3.63) is 29.6 Å². The van der Waals surface area contributed by atoms with Crippen LogP contribution in [0.5, 0.6) is 0 Å². The van der Waals surface area contributed by atoms with E-state index in [4.69, 9.17) is 4.74 Å². The number of unbranched alkanes of at least 4 members (excludes halogenated alkanes) is 13. The first-order valence-electron chi connectivity index (χ1n) is 12.8. The molecule has 178 valence electrons. The average Bonchev–Trinajstić information content (AvgIpc) is 2.76. The lowest BCUT2D eigenvalue weighted by atomic mass is 10.0. The molecule has 0 aliphatic heterocycles. The quantitative estimate of drug-likeness (QED) is 0.166. The molecule has 0 saturated heterocycles. The highest BCUT2D eigenvalue weighted by atomic mass is 19.1. The Labute approximate surface area is 190 Å². The Morgan fingerprint density at radius 2 is 1.39 bits per heavy atom. The number of hydrogen-bond acceptors (Lipinski definition) is 3. The third kappa shape index (κ3) is 15.0. The van der Waals surface area contributed by atoms with Gasteiger partial charge in [-0.25, -0.2) is 4.39 Å². The Morgan fingerprint density at radius 3 is 1.90 bits per heavy atom. The summed E-state index contributed by atoms with van der Waals surface area (Å²) >= 11 is 0. The summed E-state index contributed by atoms with van der Waals surface area (Å²) < 4.78 is 19.1. The van der Waals surface area contributed by atoms with Crippen molar-refractivity contribution in [1.29, 1.82) is 0 Å². The van der Waals surface area contributed by atoms with Crippen molar-refractivity contribution in [3.63, 3.8) is 0 Å². The highest BCUT2D eigenvalue weighted by molar-refractivity contribution is 5.69. The minimum absolute atomic E-state index is 0.233. The number of rotatable bonds is 20. The number of ether oxygens (including phenoxy) is 1. The van der Waals surface area contributed by atoms with Crippen molar-refractivity contribution < 1.29 is 13.9 Å². The van der Waals surface area contributed by atoms with E-state index in [0.717, 1.165) is 18.5 Å². The molecule has 0 aliphatic carbocycles. The lowest BCUT2D eigenvalue weighted by Gasteiger charge is -2.09. The Bertz CT molecular complexity index is 576. The van der Waals surface area contributed by atoms with E-state index >= 15 is 0 Å². The maximum Gasteiger partial charge on any atom is 0.306 e. The van der Waals surface area contributed by atoms with Gasteiger partial charge in [0, 0.05) is 13.0 Å². The molecule has 4 heteroatoms. The molecule has 0 aromatic heterocycles. The van der Waals surface area contributed by atoms with Crippen LogP contribution in [0.4, 0.5) is 10.1 Å². The minimum atomic E-state index is -0.244. The lowest BCUT2D eigenvalue weighted by molar-refractivity contribution is -0.143. The highest BCUT2D eigenvalue weighted by Crippen LogP contribution is 2.18. The zero-order valence-corrected chi connectivity index (χ0v) is 20.2. The number of benzene rings is 1. The van der Waals surface area contributed by atoms with Crippen LogP contribution in [0.1, 0.15) is 116 Å². The predicted molar refractivity (Wildman–Crippen MR) is 130 cm³/mol. The largest absolute Gasteiger partial charge is 0.466 e. The van der Waals surface area contributed by atoms with Gasteiger partial charge in [0.25, 0.3) is 0 Å². The van der Waals surface area contributed by atoms with Crippen molar-refractivity contribution in [3.8, 4) is 0 Å². The molecule has 0 amide bonds. The Hall–Kier alpha value is -1.58. The van der Waals surface area contributed by atoms with E-state index in [-0.39, 0.29) is 11.8 Å². The van der Waals surface area contributed by atoms with E-state index in [0.29, 0.717) is 25.1 Å². The molecular weight excluding hydrogens is 389 g/mol. The molecular formula is C27H46FNO2. The van der Waals surface area contributed by atoms with E-state index < -0.39 is 0 Å². The van der Waals surface area contributed by atoms with Gasteiger partial charge in [-0.2, -0.15) is 0 Å². The van der Waals surface area contributed by atoms with E-state index in [2.05, 4.69) is 12.2 Å². The fourth-order valence-electron chi connectivity index (χ4n) is 3.88. The molecule has 0 bridgehead atoms. The van der Waals surface area contributed by atoms with Crippen LogP contribution in [0.25, 0.3) is 0 Å². The highest BCUT2D eigenvalue weighted by Gasteiger charge is 2.06. The second kappa shape index (κ2) is 19.1. The number of halogens is 1. The Morgan fingerprint density at radius 1 is 0.839 bits per heavy atom. The fraction of sp³-hybridized carbons (Fsp3) is 0.741. The van der Waals surface area contributed by atoms with Crippen molar-refractivity contribution in [2.24, 2.45) is 0 Å². The third-order valence-electron chi connectivity index (χ3n) is 5.80. The predicted octanol–water partition coefficient (Wildman–Crippen LogP) is 8.21. The topological polar surface area (TPSA) is 38.3 Å². The van der Waals surface area contributed by atoms with Crippen LogP contribution in [0.15, 0.2) is 18.2 Å². The number of esters is 1. The van der Waals surface area contributed by atoms with Crippen molar-refractivity contribution >= 4 is 11.7 Å². The van der Waals surface area contributed by atoms with Gasteiger partial charge in [0.2, 0.25) is 0 Å². The van der Waals surface area contributed by atoms with E-state index in [9.17, 15) is 9.18 Å². The van der Waals surface area contributed by atoms with Crippen molar-refractivity contribution in [1.82, 2.24) is 0 Å². The number of nitrogens with one attached hydrogen (secondary N) is 1. The Balaban J connectivity index is 1.97. The van der Waals surface area contributed by atoms with Crippen LogP contribution >= 0.6 is 0 Å². The molecule has 0 fully saturated rings. The molecule has 0 saturated carbocycles. The molecule has 1 aromatic rings. The summed E-state index contributed by atoms with van der Waals surface area (Å²) in [5.74, 6) is -0.477. The van der Waals surface area contributed by atoms with E-state index in [1.54, 1.807) is 13.0 Å². The number of hydrogen-bond donors (Lipinski definition) is 1. The van der Waals surface area contributed by atoms with Crippen LogP contribution in [0.2, 0.25) is 0 Å². The van der Waals surface area contributed by atoms with Crippen molar-refractivity contribution in [2.45, 2.75) is 117 Å². The summed E-state index contributed by atoms with van der Waals surface area (Å²) in [5.41, 5.74) is 1.38. The summed E-state index contributed by atoms with van der Waals surface area (Å²) in [6.45, 7) is 5.25. The van der Waals surface area contributed by atoms with E-state index in [1.807, 2.05) is 6.07 Å². The molecule has 0 atom stereocenters. The molecule has 3 nitrogen and oxygen atoms in total. The van der Waals surface area contributed by atoms with Gasteiger partial charge >= 0.3 is 5.97 Å². The Kier molecular flexibility index (Phi) is 16.9. The van der Waals surface area contributed by atoms with Gasteiger partial charge in [0.15, 0.2) is 0 Å². The SMILES string of the molecule is CCCCCCCCCCCCCCCCNc1ccc(CCC(=O)OCC)cc1F. The molecule has 1 N–H and O–H groups in total. The molecule has 1 aromatic carbocycles. The number of carbonyl (C=O) groups excluding carboxylic acids is 1. The lowest BCUT2D eigenvalue weighted by Crippen LogP contribution is -2.06. The molecule has 0 unspecified atom stereocenters. The normalized spacial score (nSPS) is 10.9. The molecule has 0 aliphatic rings.